The highest BCUT2D eigenvalue weighted by Gasteiger charge is 2.04. The molecule has 1 heterocycles. The molecule has 3 nitrogen and oxygen atoms in total. The van der Waals surface area contributed by atoms with Gasteiger partial charge in [0.15, 0.2) is 4.34 Å². The van der Waals surface area contributed by atoms with Crippen LogP contribution in [0.15, 0.2) is 40.1 Å². The lowest BCUT2D eigenvalue weighted by Gasteiger charge is -1.97. The maximum atomic E-state index is 8.66. The third-order valence-electron chi connectivity index (χ3n) is 2.43. The summed E-state index contributed by atoms with van der Waals surface area (Å²) in [6, 6.07) is 10.2. The number of hydrogen-bond acceptors (Lipinski definition) is 4. The molecule has 0 aliphatic heterocycles. The average molecular weight is 281 g/mol. The van der Waals surface area contributed by atoms with Crippen LogP contribution in [0.3, 0.4) is 0 Å². The molecule has 0 radical (unpaired) electrons. The summed E-state index contributed by atoms with van der Waals surface area (Å²) in [5.74, 6) is 1.03. The molecule has 5 heteroatoms. The quantitative estimate of drug-likeness (QED) is 0.597. The van der Waals surface area contributed by atoms with E-state index in [0.717, 1.165) is 28.9 Å². The largest absolute Gasteiger partial charge is 0.391 e. The zero-order chi connectivity index (χ0) is 12.6. The van der Waals surface area contributed by atoms with Crippen molar-refractivity contribution in [2.75, 3.05) is 25.4 Å². The second-order valence-corrected chi connectivity index (χ2v) is 6.00. The van der Waals surface area contributed by atoms with Gasteiger partial charge < -0.3 is 10.4 Å². The van der Waals surface area contributed by atoms with E-state index in [1.54, 1.807) is 23.1 Å². The van der Waals surface area contributed by atoms with Crippen LogP contribution in [0.2, 0.25) is 0 Å². The molecule has 0 spiro atoms. The molecule has 2 rings (SSSR count). The smallest absolute Gasteiger partial charge is 0.150 e. The van der Waals surface area contributed by atoms with E-state index in [1.165, 1.54) is 5.56 Å². The number of thioether (sulfide) groups is 1. The molecule has 0 saturated heterocycles. The number of aliphatic hydroxyl groups excluding tert-OH is 1. The van der Waals surface area contributed by atoms with Crippen molar-refractivity contribution in [2.24, 2.45) is 0 Å². The monoisotopic (exact) mass is 281 g/mol. The Morgan fingerprint density at radius 2 is 2.06 bits per heavy atom. The summed E-state index contributed by atoms with van der Waals surface area (Å²) in [4.78, 5) is 4.62. The van der Waals surface area contributed by atoms with E-state index in [-0.39, 0.29) is 6.61 Å². The van der Waals surface area contributed by atoms with Gasteiger partial charge in [0.2, 0.25) is 0 Å². The van der Waals surface area contributed by atoms with Crippen LogP contribution in [0.4, 0.5) is 0 Å². The first-order chi connectivity index (χ1) is 8.90. The number of hydrogen-bond donors (Lipinski definition) is 2. The third-order valence-corrected chi connectivity index (χ3v) is 4.49. The zero-order valence-corrected chi connectivity index (χ0v) is 11.7. The van der Waals surface area contributed by atoms with Gasteiger partial charge in [0.1, 0.15) is 0 Å². The lowest BCUT2D eigenvalue weighted by atomic mass is 10.2. The van der Waals surface area contributed by atoms with Crippen LogP contribution in [0.1, 0.15) is 0 Å². The molecule has 1 aromatic carbocycles. The Balaban J connectivity index is 1.83. The number of thiazole rings is 1. The SMILES string of the molecule is OCC[NH2+]CCSc1nc(-c2ccccc2)cs1. The van der Waals surface area contributed by atoms with Crippen LogP contribution in [-0.2, 0) is 0 Å². The van der Waals surface area contributed by atoms with Gasteiger partial charge in [-0.3, -0.25) is 0 Å². The van der Waals surface area contributed by atoms with Gasteiger partial charge in [-0.25, -0.2) is 4.98 Å². The van der Waals surface area contributed by atoms with E-state index in [2.05, 4.69) is 27.8 Å². The fourth-order valence-electron chi connectivity index (χ4n) is 1.53. The summed E-state index contributed by atoms with van der Waals surface area (Å²) in [5.41, 5.74) is 2.23. The van der Waals surface area contributed by atoms with Crippen molar-refractivity contribution in [2.45, 2.75) is 4.34 Å². The normalized spacial score (nSPS) is 10.7. The number of benzene rings is 1. The Hall–Kier alpha value is -0.880. The molecule has 0 aliphatic rings. The highest BCUT2D eigenvalue weighted by Crippen LogP contribution is 2.27. The van der Waals surface area contributed by atoms with Gasteiger partial charge in [0.25, 0.3) is 0 Å². The highest BCUT2D eigenvalue weighted by molar-refractivity contribution is 8.01. The van der Waals surface area contributed by atoms with Crippen LogP contribution in [-0.4, -0.2) is 35.5 Å². The average Bonchev–Trinajstić information content (AvgIpc) is 2.88. The lowest BCUT2D eigenvalue weighted by Crippen LogP contribution is -2.85. The van der Waals surface area contributed by atoms with Crippen molar-refractivity contribution in [3.63, 3.8) is 0 Å². The van der Waals surface area contributed by atoms with E-state index >= 15 is 0 Å². The van der Waals surface area contributed by atoms with Crippen molar-refractivity contribution < 1.29 is 10.4 Å². The molecular weight excluding hydrogens is 264 g/mol. The van der Waals surface area contributed by atoms with Gasteiger partial charge in [0, 0.05) is 16.7 Å². The Morgan fingerprint density at radius 1 is 1.22 bits per heavy atom. The Kier molecular flexibility index (Phi) is 5.67. The van der Waals surface area contributed by atoms with Gasteiger partial charge in [0.05, 0.1) is 25.4 Å². The first kappa shape index (κ1) is 13.5. The molecule has 0 fully saturated rings. The number of nitrogens with zero attached hydrogens (tertiary/aromatic N) is 1. The lowest BCUT2D eigenvalue weighted by molar-refractivity contribution is -0.651. The molecule has 2 aromatic rings. The summed E-state index contributed by atoms with van der Waals surface area (Å²) >= 11 is 3.48. The first-order valence-electron chi connectivity index (χ1n) is 5.96. The summed E-state index contributed by atoms with van der Waals surface area (Å²) in [6.07, 6.45) is 0. The van der Waals surface area contributed by atoms with Gasteiger partial charge in [-0.2, -0.15) is 0 Å². The third kappa shape index (κ3) is 4.10. The fourth-order valence-corrected chi connectivity index (χ4v) is 3.37. The fraction of sp³-hybridized carbons (Fsp3) is 0.308. The minimum Gasteiger partial charge on any atom is -0.391 e. The van der Waals surface area contributed by atoms with Crippen molar-refractivity contribution in [1.29, 1.82) is 0 Å². The standard InChI is InChI=1S/C13H16N2OS2/c16-8-6-14-7-9-17-13-15-12(10-18-13)11-4-2-1-3-5-11/h1-5,10,14,16H,6-9H2/p+1. The molecular formula is C13H17N2OS2+. The molecule has 0 aliphatic carbocycles. The summed E-state index contributed by atoms with van der Waals surface area (Å²) in [6.45, 7) is 2.05. The number of aliphatic hydroxyl groups is 1. The van der Waals surface area contributed by atoms with E-state index in [4.69, 9.17) is 5.11 Å². The Labute approximate surface area is 115 Å². The number of rotatable bonds is 7. The van der Waals surface area contributed by atoms with Crippen molar-refractivity contribution >= 4 is 23.1 Å². The second kappa shape index (κ2) is 7.53. The molecule has 0 unspecified atom stereocenters. The van der Waals surface area contributed by atoms with Crippen LogP contribution in [0.5, 0.6) is 0 Å². The molecule has 0 atom stereocenters. The van der Waals surface area contributed by atoms with E-state index in [9.17, 15) is 0 Å². The zero-order valence-electron chi connectivity index (χ0n) is 10.1. The Morgan fingerprint density at radius 3 is 2.83 bits per heavy atom. The predicted octanol–water partition coefficient (Wildman–Crippen LogP) is 1.46. The van der Waals surface area contributed by atoms with Gasteiger partial charge in [-0.1, -0.05) is 42.1 Å². The summed E-state index contributed by atoms with van der Waals surface area (Å²) in [5, 5.41) is 12.9. The topological polar surface area (TPSA) is 49.7 Å². The van der Waals surface area contributed by atoms with Gasteiger partial charge >= 0.3 is 0 Å². The summed E-state index contributed by atoms with van der Waals surface area (Å²) < 4.78 is 1.12. The Bertz CT molecular complexity index is 459. The van der Waals surface area contributed by atoms with Crippen LogP contribution >= 0.6 is 23.1 Å². The summed E-state index contributed by atoms with van der Waals surface area (Å²) in [7, 11) is 0. The number of nitrogens with two attached hydrogens (primary N) is 1. The second-order valence-electron chi connectivity index (χ2n) is 3.80. The van der Waals surface area contributed by atoms with Gasteiger partial charge in [-0.05, 0) is 0 Å². The van der Waals surface area contributed by atoms with E-state index < -0.39 is 0 Å². The minimum absolute atomic E-state index is 0.250. The molecule has 1 aromatic heterocycles. The van der Waals surface area contributed by atoms with Gasteiger partial charge in [-0.15, -0.1) is 11.3 Å². The molecule has 0 amide bonds. The van der Waals surface area contributed by atoms with E-state index in [1.807, 2.05) is 18.2 Å². The maximum Gasteiger partial charge on any atom is 0.150 e. The first-order valence-corrected chi connectivity index (χ1v) is 7.83. The van der Waals surface area contributed by atoms with E-state index in [0.29, 0.717) is 0 Å². The molecule has 18 heavy (non-hydrogen) atoms. The molecule has 96 valence electrons. The van der Waals surface area contributed by atoms with Crippen LogP contribution < -0.4 is 5.32 Å². The molecule has 0 saturated carbocycles. The predicted molar refractivity (Wildman–Crippen MR) is 77.0 cm³/mol. The molecule has 3 N–H and O–H groups in total. The number of quaternary nitrogens is 1. The minimum atomic E-state index is 0.250. The molecule has 0 bridgehead atoms. The van der Waals surface area contributed by atoms with Crippen molar-refractivity contribution in [1.82, 2.24) is 4.98 Å². The van der Waals surface area contributed by atoms with Crippen molar-refractivity contribution in [3.8, 4) is 11.3 Å². The van der Waals surface area contributed by atoms with Crippen LogP contribution in [0, 0.1) is 0 Å². The van der Waals surface area contributed by atoms with Crippen LogP contribution in [0.25, 0.3) is 11.3 Å². The maximum absolute atomic E-state index is 8.66. The number of aromatic nitrogens is 1. The van der Waals surface area contributed by atoms with Crippen molar-refractivity contribution in [3.05, 3.63) is 35.7 Å². The highest BCUT2D eigenvalue weighted by atomic mass is 32.2.